The van der Waals surface area contributed by atoms with Gasteiger partial charge in [0.05, 0.1) is 16.3 Å². The van der Waals surface area contributed by atoms with Crippen LogP contribution in [0.3, 0.4) is 0 Å². The highest BCUT2D eigenvalue weighted by molar-refractivity contribution is 7.90. The van der Waals surface area contributed by atoms with Crippen LogP contribution in [0.2, 0.25) is 5.02 Å². The molecule has 0 bridgehead atoms. The number of nitrogens with zero attached hydrogens (tertiary/aromatic N) is 2. The molecule has 2 aromatic carbocycles. The molecule has 3 aromatic rings. The van der Waals surface area contributed by atoms with Crippen molar-refractivity contribution in [3.8, 4) is 0 Å². The molecular weight excluding hydrogens is 488 g/mol. The van der Waals surface area contributed by atoms with Gasteiger partial charge in [0.2, 0.25) is 26.0 Å². The number of primary sulfonamides is 1. The molecule has 0 spiro atoms. The molecule has 1 fully saturated rings. The van der Waals surface area contributed by atoms with Crippen LogP contribution in [-0.4, -0.2) is 32.1 Å². The van der Waals surface area contributed by atoms with Gasteiger partial charge >= 0.3 is 0 Å². The molecule has 10 nitrogen and oxygen atoms in total. The minimum Gasteiger partial charge on any atom is -0.339 e. The molecule has 0 atom stereocenters. The Bertz CT molecular complexity index is 1360. The zero-order valence-corrected chi connectivity index (χ0v) is 19.6. The Hall–Kier alpha value is -2.77. The van der Waals surface area contributed by atoms with Crippen LogP contribution in [0.15, 0.2) is 59.6 Å². The summed E-state index contributed by atoms with van der Waals surface area (Å²) in [5.41, 5.74) is 2.09. The van der Waals surface area contributed by atoms with Gasteiger partial charge in [-0.1, -0.05) is 23.7 Å². The van der Waals surface area contributed by atoms with Crippen LogP contribution in [0.1, 0.15) is 18.4 Å². The second-order valence-corrected chi connectivity index (χ2v) is 11.5. The van der Waals surface area contributed by atoms with Gasteiger partial charge in [0.25, 0.3) is 0 Å². The average Bonchev–Trinajstić information content (AvgIpc) is 3.62. The van der Waals surface area contributed by atoms with E-state index in [0.29, 0.717) is 22.2 Å². The van der Waals surface area contributed by atoms with E-state index in [9.17, 15) is 16.8 Å². The van der Waals surface area contributed by atoms with Crippen LogP contribution in [0, 0.1) is 0 Å². The predicted octanol–water partition coefficient (Wildman–Crippen LogP) is 2.85. The van der Waals surface area contributed by atoms with E-state index >= 15 is 0 Å². The number of nitrogens with two attached hydrogens (primary N) is 1. The number of hydrogen-bond acceptors (Lipinski definition) is 8. The summed E-state index contributed by atoms with van der Waals surface area (Å²) >= 11 is 6.21. The summed E-state index contributed by atoms with van der Waals surface area (Å²) in [6.45, 7) is 0.228. The highest BCUT2D eigenvalue weighted by atomic mass is 35.5. The third-order valence-corrected chi connectivity index (χ3v) is 7.94. The largest absolute Gasteiger partial charge is 0.339 e. The van der Waals surface area contributed by atoms with Crippen LogP contribution >= 0.6 is 11.6 Å². The van der Waals surface area contributed by atoms with Gasteiger partial charge in [-0.2, -0.15) is 4.98 Å². The molecule has 13 heteroatoms. The van der Waals surface area contributed by atoms with Crippen LogP contribution in [0.4, 0.5) is 23.1 Å². The molecular formula is C20H21ClN6O4S2. The van der Waals surface area contributed by atoms with E-state index in [0.717, 1.165) is 18.4 Å². The standard InChI is InChI=1S/C20H21ClN6O4S2/c21-18-12-23-20(26-15-5-7-16(8-6-15)32(22,28)29)27-19(18)25-14-3-1-13(2-4-14)11-24-33(30,31)17-9-10-17/h1-8,12,17,24H,9-11H2,(H2,22,28,29)(H2,23,25,26,27). The fourth-order valence-electron chi connectivity index (χ4n) is 2.89. The Labute approximate surface area is 196 Å². The number of halogens is 1. The minimum absolute atomic E-state index is 0.00350. The summed E-state index contributed by atoms with van der Waals surface area (Å²) < 4.78 is 49.2. The van der Waals surface area contributed by atoms with Gasteiger partial charge in [-0.3, -0.25) is 0 Å². The van der Waals surface area contributed by atoms with Gasteiger partial charge in [0, 0.05) is 17.9 Å². The number of benzene rings is 2. The minimum atomic E-state index is -3.77. The van der Waals surface area contributed by atoms with Gasteiger partial charge in [0.15, 0.2) is 5.82 Å². The number of hydrogen-bond donors (Lipinski definition) is 4. The third-order valence-electron chi connectivity index (χ3n) is 4.84. The van der Waals surface area contributed by atoms with Crippen molar-refractivity contribution in [1.29, 1.82) is 0 Å². The average molecular weight is 509 g/mol. The van der Waals surface area contributed by atoms with Crippen molar-refractivity contribution in [3.63, 3.8) is 0 Å². The second-order valence-electron chi connectivity index (χ2n) is 7.47. The molecule has 33 heavy (non-hydrogen) atoms. The molecule has 1 aliphatic carbocycles. The highest BCUT2D eigenvalue weighted by Crippen LogP contribution is 2.28. The molecule has 0 saturated heterocycles. The van der Waals surface area contributed by atoms with Crippen LogP contribution in [0.5, 0.6) is 0 Å². The number of aromatic nitrogens is 2. The molecule has 0 amide bonds. The molecule has 5 N–H and O–H groups in total. The van der Waals surface area contributed by atoms with E-state index in [-0.39, 0.29) is 22.6 Å². The van der Waals surface area contributed by atoms with E-state index in [1.165, 1.54) is 18.3 Å². The molecule has 0 aliphatic heterocycles. The molecule has 0 unspecified atom stereocenters. The number of anilines is 4. The first-order chi connectivity index (χ1) is 15.6. The smallest absolute Gasteiger partial charge is 0.238 e. The zero-order chi connectivity index (χ0) is 23.6. The van der Waals surface area contributed by atoms with E-state index in [4.69, 9.17) is 16.7 Å². The van der Waals surface area contributed by atoms with Crippen molar-refractivity contribution in [2.45, 2.75) is 29.5 Å². The summed E-state index contributed by atoms with van der Waals surface area (Å²) in [5.74, 6) is 0.605. The molecule has 174 valence electrons. The second kappa shape index (κ2) is 9.23. The third kappa shape index (κ3) is 6.18. The molecule has 1 aliphatic rings. The molecule has 1 saturated carbocycles. The van der Waals surface area contributed by atoms with Crippen molar-refractivity contribution in [3.05, 3.63) is 65.3 Å². The number of rotatable bonds is 9. The van der Waals surface area contributed by atoms with Crippen LogP contribution < -0.4 is 20.5 Å². The lowest BCUT2D eigenvalue weighted by Gasteiger charge is -2.11. The van der Waals surface area contributed by atoms with Crippen LogP contribution in [0.25, 0.3) is 0 Å². The van der Waals surface area contributed by atoms with Gasteiger partial charge in [-0.25, -0.2) is 31.7 Å². The maximum Gasteiger partial charge on any atom is 0.238 e. The van der Waals surface area contributed by atoms with Crippen molar-refractivity contribution in [1.82, 2.24) is 14.7 Å². The number of sulfonamides is 2. The summed E-state index contributed by atoms with van der Waals surface area (Å²) in [6.07, 6.45) is 2.87. The van der Waals surface area contributed by atoms with Crippen LogP contribution in [-0.2, 0) is 26.6 Å². The lowest BCUT2D eigenvalue weighted by Crippen LogP contribution is -2.26. The zero-order valence-electron chi connectivity index (χ0n) is 17.2. The summed E-state index contributed by atoms with van der Waals surface area (Å²) in [4.78, 5) is 8.47. The highest BCUT2D eigenvalue weighted by Gasteiger charge is 2.35. The monoisotopic (exact) mass is 508 g/mol. The molecule has 0 radical (unpaired) electrons. The molecule has 1 heterocycles. The molecule has 4 rings (SSSR count). The van der Waals surface area contributed by atoms with Crippen molar-refractivity contribution in [2.75, 3.05) is 10.6 Å². The SMILES string of the molecule is NS(=O)(=O)c1ccc(Nc2ncc(Cl)c(Nc3ccc(CNS(=O)(=O)C4CC4)cc3)n2)cc1. The van der Waals surface area contributed by atoms with Gasteiger partial charge in [0.1, 0.15) is 5.02 Å². The Morgan fingerprint density at radius 2 is 1.55 bits per heavy atom. The first kappa shape index (κ1) is 23.4. The molecule has 1 aromatic heterocycles. The Balaban J connectivity index is 1.41. The van der Waals surface area contributed by atoms with Crippen molar-refractivity contribution >= 4 is 54.8 Å². The summed E-state index contributed by atoms with van der Waals surface area (Å²) in [5, 5.41) is 11.2. The Kier molecular flexibility index (Phi) is 6.54. The maximum absolute atomic E-state index is 11.9. The lowest BCUT2D eigenvalue weighted by molar-refractivity contribution is 0.580. The Morgan fingerprint density at radius 3 is 2.15 bits per heavy atom. The van der Waals surface area contributed by atoms with Gasteiger partial charge in [-0.15, -0.1) is 0 Å². The maximum atomic E-state index is 11.9. The summed E-state index contributed by atoms with van der Waals surface area (Å²) in [6, 6.07) is 13.0. The first-order valence-corrected chi connectivity index (χ1v) is 13.3. The fourth-order valence-corrected chi connectivity index (χ4v) is 4.91. The topological polar surface area (TPSA) is 156 Å². The van der Waals surface area contributed by atoms with E-state index in [1.807, 2.05) is 0 Å². The van der Waals surface area contributed by atoms with E-state index in [1.54, 1.807) is 36.4 Å². The fraction of sp³-hybridized carbons (Fsp3) is 0.200. The van der Waals surface area contributed by atoms with Crippen molar-refractivity contribution < 1.29 is 16.8 Å². The Morgan fingerprint density at radius 1 is 0.939 bits per heavy atom. The predicted molar refractivity (Wildman–Crippen MR) is 127 cm³/mol. The van der Waals surface area contributed by atoms with Crippen molar-refractivity contribution in [2.24, 2.45) is 5.14 Å². The normalized spacial score (nSPS) is 14.1. The first-order valence-electron chi connectivity index (χ1n) is 9.87. The lowest BCUT2D eigenvalue weighted by atomic mass is 10.2. The summed E-state index contributed by atoms with van der Waals surface area (Å²) in [7, 11) is -7.01. The quantitative estimate of drug-likeness (QED) is 0.343. The van der Waals surface area contributed by atoms with Gasteiger partial charge in [-0.05, 0) is 54.8 Å². The van der Waals surface area contributed by atoms with E-state index < -0.39 is 20.0 Å². The number of nitrogens with one attached hydrogen (secondary N) is 3. The van der Waals surface area contributed by atoms with Gasteiger partial charge < -0.3 is 10.6 Å². The van der Waals surface area contributed by atoms with E-state index in [2.05, 4.69) is 25.3 Å².